The Labute approximate surface area is 116 Å². The molecule has 0 saturated heterocycles. The first-order chi connectivity index (χ1) is 9.06. The second-order valence-electron chi connectivity index (χ2n) is 4.37. The number of benzene rings is 1. The van der Waals surface area contributed by atoms with Crippen molar-refractivity contribution >= 4 is 23.1 Å². The second kappa shape index (κ2) is 5.84. The molecule has 1 unspecified atom stereocenters. The van der Waals surface area contributed by atoms with Crippen molar-refractivity contribution in [2.24, 2.45) is 0 Å². The molecule has 5 heteroatoms. The molecule has 2 rings (SSSR count). The Kier molecular flexibility index (Phi) is 4.16. The Morgan fingerprint density at radius 1 is 1.26 bits per heavy atom. The molecule has 0 aliphatic heterocycles. The van der Waals surface area contributed by atoms with E-state index in [-0.39, 0.29) is 12.1 Å². The fourth-order valence-corrected chi connectivity index (χ4v) is 2.83. The van der Waals surface area contributed by atoms with E-state index in [4.69, 9.17) is 0 Å². The molecule has 1 atom stereocenters. The summed E-state index contributed by atoms with van der Waals surface area (Å²) < 4.78 is 0. The lowest BCUT2D eigenvalue weighted by atomic mass is 10.2. The van der Waals surface area contributed by atoms with Crippen LogP contribution in [0.1, 0.15) is 28.5 Å². The molecule has 0 spiro atoms. The number of thiazole rings is 1. The minimum absolute atomic E-state index is 0.0464. The Morgan fingerprint density at radius 2 is 1.95 bits per heavy atom. The normalized spacial score (nSPS) is 11.9. The van der Waals surface area contributed by atoms with Crippen LogP contribution < -0.4 is 10.6 Å². The third kappa shape index (κ3) is 3.54. The van der Waals surface area contributed by atoms with Gasteiger partial charge in [0.2, 0.25) is 0 Å². The smallest absolute Gasteiger partial charge is 0.319 e. The minimum atomic E-state index is -0.204. The lowest BCUT2D eigenvalue weighted by Crippen LogP contribution is -2.31. The summed E-state index contributed by atoms with van der Waals surface area (Å²) in [6.07, 6.45) is 0. The van der Waals surface area contributed by atoms with Gasteiger partial charge in [-0.1, -0.05) is 18.2 Å². The van der Waals surface area contributed by atoms with Crippen molar-refractivity contribution in [3.8, 4) is 0 Å². The molecule has 2 amide bonds. The van der Waals surface area contributed by atoms with Gasteiger partial charge >= 0.3 is 6.03 Å². The van der Waals surface area contributed by atoms with Gasteiger partial charge in [-0.2, -0.15) is 0 Å². The highest BCUT2D eigenvalue weighted by molar-refractivity contribution is 7.11. The van der Waals surface area contributed by atoms with Crippen LogP contribution in [0.5, 0.6) is 0 Å². The van der Waals surface area contributed by atoms with Gasteiger partial charge in [0, 0.05) is 10.6 Å². The molecule has 0 fully saturated rings. The molecule has 1 heterocycles. The van der Waals surface area contributed by atoms with Crippen LogP contribution in [0.3, 0.4) is 0 Å². The summed E-state index contributed by atoms with van der Waals surface area (Å²) in [5.41, 5.74) is 1.76. The molecular weight excluding hydrogens is 258 g/mol. The quantitative estimate of drug-likeness (QED) is 0.898. The number of nitrogens with one attached hydrogen (secondary N) is 2. The maximum Gasteiger partial charge on any atom is 0.319 e. The third-order valence-electron chi connectivity index (χ3n) is 2.71. The molecule has 0 aliphatic rings. The number of aromatic nitrogens is 1. The molecule has 0 saturated carbocycles. The zero-order valence-corrected chi connectivity index (χ0v) is 12.0. The standard InChI is InChI=1S/C14H17N3OS/c1-9-13(19-11(3)15-9)10(2)16-14(18)17-12-7-5-4-6-8-12/h4-8,10H,1-3H3,(H2,16,17,18). The summed E-state index contributed by atoms with van der Waals surface area (Å²) in [6, 6.07) is 9.14. The molecule has 2 N–H and O–H groups in total. The van der Waals surface area contributed by atoms with Crippen molar-refractivity contribution in [3.63, 3.8) is 0 Å². The number of rotatable bonds is 3. The highest BCUT2D eigenvalue weighted by Crippen LogP contribution is 2.24. The first-order valence-corrected chi connectivity index (χ1v) is 6.94. The summed E-state index contributed by atoms with van der Waals surface area (Å²) >= 11 is 1.62. The number of urea groups is 1. The molecular formula is C14H17N3OS. The first-order valence-electron chi connectivity index (χ1n) is 6.12. The number of nitrogens with zero attached hydrogens (tertiary/aromatic N) is 1. The maximum atomic E-state index is 11.9. The summed E-state index contributed by atoms with van der Waals surface area (Å²) in [5, 5.41) is 6.74. The van der Waals surface area contributed by atoms with Crippen molar-refractivity contribution < 1.29 is 4.79 Å². The van der Waals surface area contributed by atoms with Crippen LogP contribution in [0.15, 0.2) is 30.3 Å². The van der Waals surface area contributed by atoms with Gasteiger partial charge in [-0.25, -0.2) is 9.78 Å². The molecule has 0 bridgehead atoms. The van der Waals surface area contributed by atoms with Gasteiger partial charge in [0.15, 0.2) is 0 Å². The van der Waals surface area contributed by atoms with Crippen LogP contribution in [-0.2, 0) is 0 Å². The van der Waals surface area contributed by atoms with E-state index < -0.39 is 0 Å². The number of anilines is 1. The topological polar surface area (TPSA) is 54.0 Å². The van der Waals surface area contributed by atoms with Crippen LogP contribution in [0, 0.1) is 13.8 Å². The monoisotopic (exact) mass is 275 g/mol. The average Bonchev–Trinajstić information content (AvgIpc) is 2.69. The Hall–Kier alpha value is -1.88. The van der Waals surface area contributed by atoms with E-state index in [9.17, 15) is 4.79 Å². The summed E-state index contributed by atoms with van der Waals surface area (Å²) in [7, 11) is 0. The highest BCUT2D eigenvalue weighted by Gasteiger charge is 2.15. The Bertz CT molecular complexity index is 565. The molecule has 1 aromatic heterocycles. The van der Waals surface area contributed by atoms with E-state index in [2.05, 4.69) is 15.6 Å². The molecule has 0 aliphatic carbocycles. The van der Waals surface area contributed by atoms with Crippen LogP contribution in [0.25, 0.3) is 0 Å². The maximum absolute atomic E-state index is 11.9. The fraction of sp³-hybridized carbons (Fsp3) is 0.286. The van der Waals surface area contributed by atoms with Gasteiger partial charge < -0.3 is 10.6 Å². The SMILES string of the molecule is Cc1nc(C)c(C(C)NC(=O)Nc2ccccc2)s1. The van der Waals surface area contributed by atoms with E-state index in [1.54, 1.807) is 11.3 Å². The molecule has 100 valence electrons. The van der Waals surface area contributed by atoms with Gasteiger partial charge in [-0.3, -0.25) is 0 Å². The number of para-hydroxylation sites is 1. The van der Waals surface area contributed by atoms with Crippen molar-refractivity contribution in [2.45, 2.75) is 26.8 Å². The Balaban J connectivity index is 1.97. The van der Waals surface area contributed by atoms with E-state index >= 15 is 0 Å². The van der Waals surface area contributed by atoms with Gasteiger partial charge in [0.25, 0.3) is 0 Å². The van der Waals surface area contributed by atoms with Crippen molar-refractivity contribution in [2.75, 3.05) is 5.32 Å². The van der Waals surface area contributed by atoms with Crippen LogP contribution in [0.4, 0.5) is 10.5 Å². The van der Waals surface area contributed by atoms with Gasteiger partial charge in [-0.15, -0.1) is 11.3 Å². The predicted molar refractivity (Wildman–Crippen MR) is 78.6 cm³/mol. The molecule has 19 heavy (non-hydrogen) atoms. The van der Waals surface area contributed by atoms with E-state index in [1.165, 1.54) is 0 Å². The lowest BCUT2D eigenvalue weighted by molar-refractivity contribution is 0.249. The Morgan fingerprint density at radius 3 is 2.53 bits per heavy atom. The average molecular weight is 275 g/mol. The number of hydrogen-bond donors (Lipinski definition) is 2. The molecule has 0 radical (unpaired) electrons. The first kappa shape index (κ1) is 13.5. The zero-order valence-electron chi connectivity index (χ0n) is 11.2. The summed E-state index contributed by atoms with van der Waals surface area (Å²) in [6.45, 7) is 5.90. The molecule has 1 aromatic carbocycles. The number of amides is 2. The van der Waals surface area contributed by atoms with E-state index in [0.717, 1.165) is 21.3 Å². The largest absolute Gasteiger partial charge is 0.330 e. The van der Waals surface area contributed by atoms with E-state index in [1.807, 2.05) is 51.1 Å². The number of hydrogen-bond acceptors (Lipinski definition) is 3. The number of aryl methyl sites for hydroxylation is 2. The zero-order chi connectivity index (χ0) is 13.8. The van der Waals surface area contributed by atoms with Gasteiger partial charge in [0.1, 0.15) is 0 Å². The van der Waals surface area contributed by atoms with E-state index in [0.29, 0.717) is 0 Å². The van der Waals surface area contributed by atoms with Gasteiger partial charge in [-0.05, 0) is 32.9 Å². The number of carbonyl (C=O) groups excluding carboxylic acids is 1. The highest BCUT2D eigenvalue weighted by atomic mass is 32.1. The third-order valence-corrected chi connectivity index (χ3v) is 3.97. The van der Waals surface area contributed by atoms with Crippen molar-refractivity contribution in [1.82, 2.24) is 10.3 Å². The number of carbonyl (C=O) groups is 1. The summed E-state index contributed by atoms with van der Waals surface area (Å²) in [4.78, 5) is 17.3. The van der Waals surface area contributed by atoms with Crippen molar-refractivity contribution in [1.29, 1.82) is 0 Å². The minimum Gasteiger partial charge on any atom is -0.330 e. The van der Waals surface area contributed by atoms with Gasteiger partial charge in [0.05, 0.1) is 16.7 Å². The van der Waals surface area contributed by atoms with Crippen molar-refractivity contribution in [3.05, 3.63) is 45.9 Å². The second-order valence-corrected chi connectivity index (χ2v) is 5.60. The predicted octanol–water partition coefficient (Wildman–Crippen LogP) is 3.64. The van der Waals surface area contributed by atoms with Crippen LogP contribution in [-0.4, -0.2) is 11.0 Å². The molecule has 2 aromatic rings. The summed E-state index contributed by atoms with van der Waals surface area (Å²) in [5.74, 6) is 0. The molecule has 4 nitrogen and oxygen atoms in total. The fourth-order valence-electron chi connectivity index (χ4n) is 1.90. The lowest BCUT2D eigenvalue weighted by Gasteiger charge is -2.13. The van der Waals surface area contributed by atoms with Crippen LogP contribution in [0.2, 0.25) is 0 Å². The van der Waals surface area contributed by atoms with Crippen LogP contribution >= 0.6 is 11.3 Å².